The highest BCUT2D eigenvalue weighted by Crippen LogP contribution is 2.63. The summed E-state index contributed by atoms with van der Waals surface area (Å²) < 4.78 is 22.1. The molecule has 2 aliphatic rings. The van der Waals surface area contributed by atoms with Gasteiger partial charge in [0.05, 0.1) is 0 Å². The summed E-state index contributed by atoms with van der Waals surface area (Å²) in [5.41, 5.74) is 4.42. The minimum atomic E-state index is -1.93. The van der Waals surface area contributed by atoms with Crippen LogP contribution in [0.2, 0.25) is 0 Å². The maximum absolute atomic E-state index is 10.7. The number of aryl methyl sites for hydroxylation is 1. The van der Waals surface area contributed by atoms with Gasteiger partial charge in [-0.1, -0.05) is 61.5 Å². The normalized spacial score (nSPS) is 27.5. The van der Waals surface area contributed by atoms with E-state index in [1.807, 2.05) is 0 Å². The van der Waals surface area contributed by atoms with Crippen molar-refractivity contribution in [2.45, 2.75) is 31.6 Å². The van der Waals surface area contributed by atoms with E-state index in [2.05, 4.69) is 71.1 Å². The van der Waals surface area contributed by atoms with Crippen LogP contribution in [0.1, 0.15) is 30.0 Å². The van der Waals surface area contributed by atoms with Gasteiger partial charge in [-0.25, -0.2) is 8.93 Å². The highest BCUT2D eigenvalue weighted by atomic mass is 32.2. The van der Waals surface area contributed by atoms with E-state index in [0.717, 1.165) is 18.3 Å². The van der Waals surface area contributed by atoms with Crippen molar-refractivity contribution in [3.63, 3.8) is 0 Å². The second-order valence-corrected chi connectivity index (χ2v) is 9.23. The van der Waals surface area contributed by atoms with Crippen LogP contribution in [0.3, 0.4) is 0 Å². The number of hydrogen-bond acceptors (Lipinski definition) is 2. The predicted molar refractivity (Wildman–Crippen MR) is 114 cm³/mol. The van der Waals surface area contributed by atoms with E-state index in [4.69, 9.17) is 4.55 Å². The van der Waals surface area contributed by atoms with Crippen molar-refractivity contribution in [3.8, 4) is 0 Å². The van der Waals surface area contributed by atoms with Crippen LogP contribution in [0.15, 0.2) is 54.6 Å². The van der Waals surface area contributed by atoms with Gasteiger partial charge in [0.25, 0.3) is 0 Å². The van der Waals surface area contributed by atoms with Crippen molar-refractivity contribution in [2.75, 3.05) is 26.2 Å². The van der Waals surface area contributed by atoms with Crippen LogP contribution in [0.25, 0.3) is 0 Å². The zero-order valence-electron chi connectivity index (χ0n) is 16.5. The molecule has 1 aliphatic heterocycles. The molecule has 3 unspecified atom stereocenters. The molecular formula is C23H30N2O2S. The van der Waals surface area contributed by atoms with E-state index >= 15 is 0 Å². The van der Waals surface area contributed by atoms with Crippen molar-refractivity contribution < 1.29 is 8.76 Å². The molecule has 0 amide bonds. The molecule has 0 aromatic heterocycles. The third-order valence-electron chi connectivity index (χ3n) is 6.80. The van der Waals surface area contributed by atoms with Crippen LogP contribution < -0.4 is 4.72 Å². The fourth-order valence-electron chi connectivity index (χ4n) is 5.07. The van der Waals surface area contributed by atoms with Gasteiger partial charge >= 0.3 is 0 Å². The molecule has 150 valence electrons. The van der Waals surface area contributed by atoms with Gasteiger partial charge in [-0.3, -0.25) is 4.55 Å². The summed E-state index contributed by atoms with van der Waals surface area (Å²) in [6.45, 7) is 6.56. The Morgan fingerprint density at radius 2 is 1.79 bits per heavy atom. The van der Waals surface area contributed by atoms with Crippen LogP contribution in [0, 0.1) is 11.8 Å². The van der Waals surface area contributed by atoms with Gasteiger partial charge in [-0.05, 0) is 54.3 Å². The van der Waals surface area contributed by atoms with Gasteiger partial charge in [0, 0.05) is 25.0 Å². The Morgan fingerprint density at radius 1 is 1.07 bits per heavy atom. The first kappa shape index (κ1) is 19.8. The zero-order chi connectivity index (χ0) is 19.6. The highest BCUT2D eigenvalue weighted by molar-refractivity contribution is 7.77. The molecule has 0 spiro atoms. The number of hydrogen-bond donors (Lipinski definition) is 2. The van der Waals surface area contributed by atoms with E-state index in [1.165, 1.54) is 49.2 Å². The number of nitrogens with zero attached hydrogens (tertiary/aromatic N) is 1. The van der Waals surface area contributed by atoms with Crippen molar-refractivity contribution in [1.29, 1.82) is 0 Å². The van der Waals surface area contributed by atoms with E-state index in [9.17, 15) is 4.21 Å². The van der Waals surface area contributed by atoms with Crippen molar-refractivity contribution in [3.05, 3.63) is 71.3 Å². The molecule has 0 bridgehead atoms. The molecule has 1 saturated heterocycles. The molecule has 1 heterocycles. The molecule has 2 aromatic rings. The zero-order valence-corrected chi connectivity index (χ0v) is 17.3. The lowest BCUT2D eigenvalue weighted by Crippen LogP contribution is -2.30. The highest BCUT2D eigenvalue weighted by Gasteiger charge is 2.65. The first-order chi connectivity index (χ1) is 13.6. The number of fused-ring (bicyclic) bond motifs is 1. The van der Waals surface area contributed by atoms with Gasteiger partial charge in [-0.2, -0.15) is 0 Å². The SMILES string of the molecule is CC1(c2cccc(CCNS(=O)O)c2)C2CN(CCCc3ccccc3)CC21. The second-order valence-electron chi connectivity index (χ2n) is 8.44. The number of likely N-dealkylation sites (tertiary alicyclic amines) is 1. The molecule has 2 N–H and O–H groups in total. The van der Waals surface area contributed by atoms with Crippen LogP contribution in [0.4, 0.5) is 0 Å². The molecule has 4 rings (SSSR count). The van der Waals surface area contributed by atoms with Gasteiger partial charge < -0.3 is 4.90 Å². The van der Waals surface area contributed by atoms with Gasteiger partial charge in [-0.15, -0.1) is 0 Å². The summed E-state index contributed by atoms with van der Waals surface area (Å²) in [5.74, 6) is 1.53. The minimum Gasteiger partial charge on any atom is -0.303 e. The van der Waals surface area contributed by atoms with Crippen molar-refractivity contribution in [2.24, 2.45) is 11.8 Å². The van der Waals surface area contributed by atoms with Gasteiger partial charge in [0.15, 0.2) is 0 Å². The maximum atomic E-state index is 10.7. The third-order valence-corrected chi connectivity index (χ3v) is 7.25. The van der Waals surface area contributed by atoms with E-state index in [-0.39, 0.29) is 0 Å². The fourth-order valence-corrected chi connectivity index (χ4v) is 5.35. The standard InChI is InChI=1S/C23H30N2O2S/c1-23(20-11-5-9-19(15-20)12-13-24-28(26)27)21-16-25(17-22(21)23)14-6-10-18-7-3-2-4-8-18/h2-5,7-9,11,15,21-22,24H,6,10,12-14,16-17H2,1H3,(H,26,27). The van der Waals surface area contributed by atoms with Crippen LogP contribution in [-0.4, -0.2) is 39.8 Å². The molecule has 5 heteroatoms. The number of benzene rings is 2. The summed E-state index contributed by atoms with van der Waals surface area (Å²) in [5, 5.41) is 0. The third kappa shape index (κ3) is 4.23. The monoisotopic (exact) mass is 398 g/mol. The molecule has 1 saturated carbocycles. The summed E-state index contributed by atoms with van der Waals surface area (Å²) in [6, 6.07) is 19.6. The smallest absolute Gasteiger partial charge is 0.231 e. The molecule has 3 atom stereocenters. The average Bonchev–Trinajstić information content (AvgIpc) is 3.03. The van der Waals surface area contributed by atoms with Crippen molar-refractivity contribution >= 4 is 11.3 Å². The summed E-state index contributed by atoms with van der Waals surface area (Å²) >= 11 is -1.93. The second kappa shape index (κ2) is 8.46. The Kier molecular flexibility index (Phi) is 5.97. The summed E-state index contributed by atoms with van der Waals surface area (Å²) in [4.78, 5) is 2.64. The van der Waals surface area contributed by atoms with E-state index in [0.29, 0.717) is 12.0 Å². The van der Waals surface area contributed by atoms with Gasteiger partial charge in [0.1, 0.15) is 0 Å². The molecule has 0 radical (unpaired) electrons. The average molecular weight is 399 g/mol. The maximum Gasteiger partial charge on any atom is 0.231 e. The van der Waals surface area contributed by atoms with E-state index in [1.54, 1.807) is 0 Å². The fraction of sp³-hybridized carbons (Fsp3) is 0.478. The van der Waals surface area contributed by atoms with Crippen LogP contribution >= 0.6 is 0 Å². The molecule has 2 fully saturated rings. The Hall–Kier alpha value is -1.53. The Morgan fingerprint density at radius 3 is 2.50 bits per heavy atom. The lowest BCUT2D eigenvalue weighted by molar-refractivity contribution is 0.274. The Labute approximate surface area is 170 Å². The van der Waals surface area contributed by atoms with E-state index < -0.39 is 11.3 Å². The molecular weight excluding hydrogens is 368 g/mol. The summed E-state index contributed by atoms with van der Waals surface area (Å²) in [6.07, 6.45) is 3.17. The largest absolute Gasteiger partial charge is 0.303 e. The van der Waals surface area contributed by atoms with Gasteiger partial charge in [0.2, 0.25) is 11.3 Å². The lowest BCUT2D eigenvalue weighted by atomic mass is 9.90. The number of piperidine rings is 1. The minimum absolute atomic E-state index is 0.305. The Balaban J connectivity index is 1.27. The van der Waals surface area contributed by atoms with Crippen LogP contribution in [-0.2, 0) is 29.5 Å². The molecule has 1 aliphatic carbocycles. The lowest BCUT2D eigenvalue weighted by Gasteiger charge is -2.24. The summed E-state index contributed by atoms with van der Waals surface area (Å²) in [7, 11) is 0. The molecule has 2 aromatic carbocycles. The number of rotatable bonds is 9. The Bertz CT molecular complexity index is 814. The van der Waals surface area contributed by atoms with Crippen molar-refractivity contribution in [1.82, 2.24) is 9.62 Å². The number of nitrogens with one attached hydrogen (secondary N) is 1. The topological polar surface area (TPSA) is 52.6 Å². The quantitative estimate of drug-likeness (QED) is 0.637. The predicted octanol–water partition coefficient (Wildman–Crippen LogP) is 3.41. The molecule has 28 heavy (non-hydrogen) atoms. The molecule has 4 nitrogen and oxygen atoms in total. The van der Waals surface area contributed by atoms with Crippen LogP contribution in [0.5, 0.6) is 0 Å². The first-order valence-corrected chi connectivity index (χ1v) is 11.4. The first-order valence-electron chi connectivity index (χ1n) is 10.3.